The number of hydrogen-bond donors (Lipinski definition) is 0. The lowest BCUT2D eigenvalue weighted by Crippen LogP contribution is -2.28. The van der Waals surface area contributed by atoms with E-state index in [1.54, 1.807) is 11.3 Å². The lowest BCUT2D eigenvalue weighted by molar-refractivity contribution is -0.629. The molecule has 0 fully saturated rings. The highest BCUT2D eigenvalue weighted by Crippen LogP contribution is 2.45. The zero-order valence-electron chi connectivity index (χ0n) is 21.0. The third-order valence-electron chi connectivity index (χ3n) is 7.35. The van der Waals surface area contributed by atoms with Gasteiger partial charge in [0.15, 0.2) is 5.69 Å². The fourth-order valence-electron chi connectivity index (χ4n) is 5.41. The highest BCUT2D eigenvalue weighted by Gasteiger charge is 2.26. The minimum absolute atomic E-state index is 0.610. The van der Waals surface area contributed by atoms with Crippen molar-refractivity contribution in [2.24, 2.45) is 7.05 Å². The second kappa shape index (κ2) is 8.69. The van der Waals surface area contributed by atoms with E-state index < -0.39 is 0 Å². The molecule has 7 aromatic rings. The van der Waals surface area contributed by atoms with Crippen molar-refractivity contribution in [3.05, 3.63) is 120 Å². The topological polar surface area (TPSA) is 21.4 Å². The molecule has 0 saturated carbocycles. The Hall–Kier alpha value is -4.72. The molecule has 0 amide bonds. The first-order valence-electron chi connectivity index (χ1n) is 12.5. The SMILES string of the molecule is [C-]#[N+]c1ccc(-c2ccc(-c3ccccc3)cc2)c2oc3c(-c4sc5ccccc5[n+]4C)c(C)ccc3c12. The van der Waals surface area contributed by atoms with Crippen LogP contribution in [0.25, 0.3) is 69.8 Å². The highest BCUT2D eigenvalue weighted by molar-refractivity contribution is 7.21. The Morgan fingerprint density at radius 1 is 0.737 bits per heavy atom. The monoisotopic (exact) mass is 507 g/mol. The van der Waals surface area contributed by atoms with Crippen LogP contribution in [0, 0.1) is 13.5 Å². The number of thiazole rings is 1. The molecule has 4 heteroatoms. The number of hydrogen-bond acceptors (Lipinski definition) is 2. The Morgan fingerprint density at radius 2 is 1.45 bits per heavy atom. The van der Waals surface area contributed by atoms with Gasteiger partial charge in [-0.3, -0.25) is 0 Å². The van der Waals surface area contributed by atoms with Gasteiger partial charge in [0.05, 0.1) is 6.57 Å². The van der Waals surface area contributed by atoms with Crippen LogP contribution in [-0.2, 0) is 7.05 Å². The first-order chi connectivity index (χ1) is 18.6. The summed E-state index contributed by atoms with van der Waals surface area (Å²) < 4.78 is 10.2. The van der Waals surface area contributed by atoms with Gasteiger partial charge in [0.1, 0.15) is 28.5 Å². The summed E-state index contributed by atoms with van der Waals surface area (Å²) in [4.78, 5) is 3.87. The van der Waals surface area contributed by atoms with Crippen LogP contribution in [0.2, 0.25) is 0 Å². The van der Waals surface area contributed by atoms with Crippen molar-refractivity contribution in [2.75, 3.05) is 0 Å². The molecule has 0 aliphatic rings. The summed E-state index contributed by atoms with van der Waals surface area (Å²) in [6.07, 6.45) is 0. The van der Waals surface area contributed by atoms with E-state index >= 15 is 0 Å². The van der Waals surface area contributed by atoms with E-state index in [-0.39, 0.29) is 0 Å². The zero-order chi connectivity index (χ0) is 25.8. The first-order valence-corrected chi connectivity index (χ1v) is 13.4. The van der Waals surface area contributed by atoms with E-state index in [0.29, 0.717) is 5.69 Å². The van der Waals surface area contributed by atoms with Crippen LogP contribution in [-0.4, -0.2) is 0 Å². The van der Waals surface area contributed by atoms with Gasteiger partial charge in [0, 0.05) is 22.4 Å². The summed E-state index contributed by atoms with van der Waals surface area (Å²) >= 11 is 1.77. The molecular formula is C34H23N2OS+. The number of rotatable bonds is 3. The number of aromatic nitrogens is 1. The van der Waals surface area contributed by atoms with E-state index in [1.807, 2.05) is 18.2 Å². The fourth-order valence-corrected chi connectivity index (χ4v) is 6.66. The van der Waals surface area contributed by atoms with Crippen molar-refractivity contribution in [1.29, 1.82) is 0 Å². The summed E-state index contributed by atoms with van der Waals surface area (Å²) in [6, 6.07) is 35.6. The number of fused-ring (bicyclic) bond motifs is 4. The molecule has 5 aromatic carbocycles. The van der Waals surface area contributed by atoms with Gasteiger partial charge in [-0.05, 0) is 35.2 Å². The van der Waals surface area contributed by atoms with Crippen LogP contribution < -0.4 is 4.57 Å². The summed E-state index contributed by atoms with van der Waals surface area (Å²) in [7, 11) is 2.11. The molecule has 0 radical (unpaired) electrons. The first kappa shape index (κ1) is 22.5. The summed E-state index contributed by atoms with van der Waals surface area (Å²) in [5.41, 5.74) is 10.1. The molecule has 0 atom stereocenters. The smallest absolute Gasteiger partial charge is 0.273 e. The molecule has 0 unspecified atom stereocenters. The van der Waals surface area contributed by atoms with Crippen LogP contribution in [0.1, 0.15) is 5.56 Å². The van der Waals surface area contributed by atoms with E-state index in [2.05, 4.69) is 108 Å². The summed E-state index contributed by atoms with van der Waals surface area (Å²) in [5, 5.41) is 3.00. The third-order valence-corrected chi connectivity index (χ3v) is 8.59. The van der Waals surface area contributed by atoms with Crippen LogP contribution in [0.5, 0.6) is 0 Å². The Kier molecular flexibility index (Phi) is 5.14. The van der Waals surface area contributed by atoms with Gasteiger partial charge in [-0.2, -0.15) is 4.57 Å². The number of benzene rings is 5. The average Bonchev–Trinajstić information content (AvgIpc) is 3.51. The molecule has 0 aliphatic heterocycles. The maximum atomic E-state index is 7.89. The quantitative estimate of drug-likeness (QED) is 0.172. The standard InChI is InChI=1S/C34H23N2OS/c1-21-13-18-26-31-27(35-2)20-19-25(24-16-14-23(15-17-24)22-9-5-4-6-10-22)32(31)37-33(26)30(21)34-36(3)28-11-7-8-12-29(28)38-34/h4-20H,1,3H3/q+1. The Bertz CT molecular complexity index is 2040. The van der Waals surface area contributed by atoms with E-state index in [9.17, 15) is 0 Å². The molecular weight excluding hydrogens is 484 g/mol. The van der Waals surface area contributed by atoms with Gasteiger partial charge in [-0.25, -0.2) is 4.85 Å². The second-order valence-electron chi connectivity index (χ2n) is 9.56. The van der Waals surface area contributed by atoms with Gasteiger partial charge in [-0.1, -0.05) is 102 Å². The van der Waals surface area contributed by atoms with Crippen molar-refractivity contribution < 1.29 is 8.98 Å². The number of furan rings is 1. The molecule has 7 rings (SSSR count). The third kappa shape index (κ3) is 3.37. The lowest BCUT2D eigenvalue weighted by atomic mass is 9.97. The largest absolute Gasteiger partial charge is 0.456 e. The lowest BCUT2D eigenvalue weighted by Gasteiger charge is -2.06. The van der Waals surface area contributed by atoms with Gasteiger partial charge in [0.2, 0.25) is 5.52 Å². The van der Waals surface area contributed by atoms with Gasteiger partial charge in [-0.15, -0.1) is 0 Å². The molecule has 0 N–H and O–H groups in total. The molecule has 180 valence electrons. The molecule has 2 heterocycles. The number of nitrogens with zero attached hydrogens (tertiary/aromatic N) is 2. The molecule has 0 saturated heterocycles. The van der Waals surface area contributed by atoms with Crippen molar-refractivity contribution in [1.82, 2.24) is 0 Å². The Balaban J connectivity index is 1.48. The molecule has 0 spiro atoms. The predicted molar refractivity (Wildman–Crippen MR) is 158 cm³/mol. The predicted octanol–water partition coefficient (Wildman–Crippen LogP) is 9.49. The molecule has 0 bridgehead atoms. The van der Waals surface area contributed by atoms with Crippen molar-refractivity contribution in [3.63, 3.8) is 0 Å². The highest BCUT2D eigenvalue weighted by atomic mass is 32.1. The molecule has 3 nitrogen and oxygen atoms in total. The second-order valence-corrected chi connectivity index (χ2v) is 10.6. The summed E-state index contributed by atoms with van der Waals surface area (Å²) in [6.45, 7) is 10.0. The van der Waals surface area contributed by atoms with Gasteiger partial charge >= 0.3 is 0 Å². The number of aryl methyl sites for hydroxylation is 2. The van der Waals surface area contributed by atoms with Crippen LogP contribution in [0.15, 0.2) is 108 Å². The van der Waals surface area contributed by atoms with Gasteiger partial charge < -0.3 is 4.42 Å². The zero-order valence-corrected chi connectivity index (χ0v) is 21.8. The Labute approximate surface area is 224 Å². The van der Waals surface area contributed by atoms with Crippen molar-refractivity contribution in [2.45, 2.75) is 6.92 Å². The molecule has 2 aromatic heterocycles. The minimum Gasteiger partial charge on any atom is -0.456 e. The minimum atomic E-state index is 0.610. The van der Waals surface area contributed by atoms with Crippen molar-refractivity contribution in [3.8, 4) is 32.8 Å². The number of para-hydroxylation sites is 1. The maximum Gasteiger partial charge on any atom is 0.273 e. The van der Waals surface area contributed by atoms with Crippen LogP contribution >= 0.6 is 11.3 Å². The molecule has 0 aliphatic carbocycles. The van der Waals surface area contributed by atoms with Crippen LogP contribution in [0.3, 0.4) is 0 Å². The van der Waals surface area contributed by atoms with E-state index in [4.69, 9.17) is 11.0 Å². The molecule has 38 heavy (non-hydrogen) atoms. The van der Waals surface area contributed by atoms with Crippen molar-refractivity contribution >= 4 is 49.2 Å². The van der Waals surface area contributed by atoms with Gasteiger partial charge in [0.25, 0.3) is 5.01 Å². The fraction of sp³-hybridized carbons (Fsp3) is 0.0588. The average molecular weight is 508 g/mol. The summed E-state index contributed by atoms with van der Waals surface area (Å²) in [5.74, 6) is 0. The van der Waals surface area contributed by atoms with E-state index in [1.165, 1.54) is 21.3 Å². The van der Waals surface area contributed by atoms with Crippen LogP contribution in [0.4, 0.5) is 5.69 Å². The normalized spacial score (nSPS) is 11.4. The Morgan fingerprint density at radius 3 is 2.21 bits per heavy atom. The maximum absolute atomic E-state index is 7.89. The van der Waals surface area contributed by atoms with E-state index in [0.717, 1.165) is 49.2 Å².